The fraction of sp³-hybridized carbons (Fsp3) is 0.158. The van der Waals surface area contributed by atoms with E-state index in [1.54, 1.807) is 30.5 Å². The summed E-state index contributed by atoms with van der Waals surface area (Å²) in [6.45, 7) is 1.34. The van der Waals surface area contributed by atoms with E-state index in [0.29, 0.717) is 22.8 Å². The van der Waals surface area contributed by atoms with Crippen LogP contribution >= 0.6 is 11.8 Å². The summed E-state index contributed by atoms with van der Waals surface area (Å²) in [6, 6.07) is 8.63. The number of esters is 1. The summed E-state index contributed by atoms with van der Waals surface area (Å²) in [7, 11) is 1.86. The van der Waals surface area contributed by atoms with Gasteiger partial charge in [-0.1, -0.05) is 11.8 Å². The maximum absolute atomic E-state index is 13.0. The number of benzene rings is 1. The molecule has 0 saturated heterocycles. The molecule has 0 amide bonds. The number of aromatic nitrogens is 3. The molecule has 2 aromatic heterocycles. The van der Waals surface area contributed by atoms with Crippen molar-refractivity contribution in [1.82, 2.24) is 14.5 Å². The zero-order chi connectivity index (χ0) is 19.0. The van der Waals surface area contributed by atoms with E-state index >= 15 is 0 Å². The first-order valence-electron chi connectivity index (χ1n) is 8.29. The highest BCUT2D eigenvalue weighted by Crippen LogP contribution is 2.38. The highest BCUT2D eigenvalue weighted by atomic mass is 32.2. The molecule has 8 heteroatoms. The largest absolute Gasteiger partial charge is 0.427 e. The van der Waals surface area contributed by atoms with Crippen molar-refractivity contribution in [2.75, 3.05) is 12.4 Å². The number of rotatable bonds is 3. The summed E-state index contributed by atoms with van der Waals surface area (Å²) in [5.74, 6) is 0.0381. The van der Waals surface area contributed by atoms with E-state index in [1.165, 1.54) is 29.6 Å². The van der Waals surface area contributed by atoms with Crippen molar-refractivity contribution in [3.05, 3.63) is 64.5 Å². The van der Waals surface area contributed by atoms with E-state index in [2.05, 4.69) is 15.3 Å². The Kier molecular flexibility index (Phi) is 4.41. The second-order valence-electron chi connectivity index (χ2n) is 5.95. The monoisotopic (exact) mass is 380 g/mol. The Morgan fingerprint density at radius 1 is 1.22 bits per heavy atom. The molecule has 4 rings (SSSR count). The van der Waals surface area contributed by atoms with Crippen LogP contribution in [0.25, 0.3) is 5.69 Å². The van der Waals surface area contributed by atoms with Gasteiger partial charge in [0, 0.05) is 37.8 Å². The van der Waals surface area contributed by atoms with Crippen molar-refractivity contribution in [2.45, 2.75) is 23.3 Å². The van der Waals surface area contributed by atoms with Crippen LogP contribution in [0.5, 0.6) is 5.75 Å². The molecule has 0 radical (unpaired) electrons. The van der Waals surface area contributed by atoms with E-state index in [-0.39, 0.29) is 11.5 Å². The minimum Gasteiger partial charge on any atom is -0.427 e. The molecule has 27 heavy (non-hydrogen) atoms. The number of anilines is 1. The van der Waals surface area contributed by atoms with Gasteiger partial charge >= 0.3 is 5.97 Å². The third kappa shape index (κ3) is 3.19. The van der Waals surface area contributed by atoms with Gasteiger partial charge in [-0.15, -0.1) is 0 Å². The molecule has 136 valence electrons. The fourth-order valence-electron chi connectivity index (χ4n) is 2.95. The van der Waals surface area contributed by atoms with Crippen molar-refractivity contribution in [2.24, 2.45) is 0 Å². The number of carbonyl (C=O) groups is 1. The number of carbonyl (C=O) groups excluding carboxylic acids is 1. The lowest BCUT2D eigenvalue weighted by Crippen LogP contribution is -2.24. The van der Waals surface area contributed by atoms with Crippen LogP contribution in [-0.2, 0) is 11.2 Å². The first kappa shape index (κ1) is 17.3. The molecule has 1 aliphatic rings. The molecule has 0 aliphatic carbocycles. The average Bonchev–Trinajstić information content (AvgIpc) is 2.67. The Labute approximate surface area is 159 Å². The highest BCUT2D eigenvalue weighted by Gasteiger charge is 2.24. The number of nitrogens with zero attached hydrogens (tertiary/aromatic N) is 3. The number of fused-ring (bicyclic) bond motifs is 2. The summed E-state index contributed by atoms with van der Waals surface area (Å²) >= 11 is 1.34. The van der Waals surface area contributed by atoms with Crippen LogP contribution < -0.4 is 15.6 Å². The van der Waals surface area contributed by atoms with Gasteiger partial charge < -0.3 is 10.1 Å². The number of hydrogen-bond donors (Lipinski definition) is 1. The lowest BCUT2D eigenvalue weighted by atomic mass is 10.1. The second kappa shape index (κ2) is 6.88. The number of hydrogen-bond acceptors (Lipinski definition) is 7. The fourth-order valence-corrected chi connectivity index (χ4v) is 4.00. The molecule has 0 saturated carbocycles. The summed E-state index contributed by atoms with van der Waals surface area (Å²) in [5.41, 5.74) is 3.29. The van der Waals surface area contributed by atoms with Crippen LogP contribution in [-0.4, -0.2) is 27.6 Å². The van der Waals surface area contributed by atoms with E-state index in [0.717, 1.165) is 22.0 Å². The van der Waals surface area contributed by atoms with Crippen molar-refractivity contribution in [3.8, 4) is 11.4 Å². The molecule has 3 aromatic rings. The standard InChI is InChI=1S/C19H16N4O3S/c1-11(24)26-13-5-3-12(4-6-13)23-10-22-16-9-14-15(20-2)7-8-21-18(14)27-17(16)19(23)25/h3-8,10H,9H2,1-2H3,(H,20,21). The quantitative estimate of drug-likeness (QED) is 0.432. The van der Waals surface area contributed by atoms with Crippen molar-refractivity contribution >= 4 is 23.4 Å². The molecular formula is C19H16N4O3S. The van der Waals surface area contributed by atoms with Crippen LogP contribution in [0, 0.1) is 0 Å². The lowest BCUT2D eigenvalue weighted by molar-refractivity contribution is -0.131. The first-order valence-corrected chi connectivity index (χ1v) is 9.11. The molecule has 0 spiro atoms. The topological polar surface area (TPSA) is 86.1 Å². The minimum atomic E-state index is -0.390. The number of pyridine rings is 1. The van der Waals surface area contributed by atoms with Crippen LogP contribution in [0.3, 0.4) is 0 Å². The lowest BCUT2D eigenvalue weighted by Gasteiger charge is -2.20. The summed E-state index contributed by atoms with van der Waals surface area (Å²) in [6.07, 6.45) is 3.82. The zero-order valence-electron chi connectivity index (χ0n) is 14.7. The van der Waals surface area contributed by atoms with Gasteiger partial charge in [0.15, 0.2) is 0 Å². The van der Waals surface area contributed by atoms with Gasteiger partial charge in [0.1, 0.15) is 22.0 Å². The van der Waals surface area contributed by atoms with Crippen molar-refractivity contribution in [1.29, 1.82) is 0 Å². The Morgan fingerprint density at radius 3 is 2.70 bits per heavy atom. The molecule has 7 nitrogen and oxygen atoms in total. The zero-order valence-corrected chi connectivity index (χ0v) is 15.5. The molecule has 1 N–H and O–H groups in total. The normalized spacial score (nSPS) is 12.1. The molecule has 0 atom stereocenters. The van der Waals surface area contributed by atoms with E-state index in [4.69, 9.17) is 4.74 Å². The van der Waals surface area contributed by atoms with E-state index < -0.39 is 0 Å². The summed E-state index contributed by atoms with van der Waals surface area (Å²) < 4.78 is 6.51. The maximum atomic E-state index is 13.0. The van der Waals surface area contributed by atoms with Gasteiger partial charge in [-0.25, -0.2) is 9.97 Å². The Morgan fingerprint density at radius 2 is 2.00 bits per heavy atom. The molecule has 0 fully saturated rings. The number of nitrogens with one attached hydrogen (secondary N) is 1. The molecule has 1 aromatic carbocycles. The molecule has 3 heterocycles. The van der Waals surface area contributed by atoms with E-state index in [9.17, 15) is 9.59 Å². The highest BCUT2D eigenvalue weighted by molar-refractivity contribution is 7.99. The molecular weight excluding hydrogens is 364 g/mol. The minimum absolute atomic E-state index is 0.146. The second-order valence-corrected chi connectivity index (χ2v) is 6.95. The first-order chi connectivity index (χ1) is 13.1. The van der Waals surface area contributed by atoms with Gasteiger partial charge in [0.25, 0.3) is 5.56 Å². The summed E-state index contributed by atoms with van der Waals surface area (Å²) in [5, 5.41) is 3.97. The smallest absolute Gasteiger partial charge is 0.308 e. The van der Waals surface area contributed by atoms with Crippen molar-refractivity contribution in [3.63, 3.8) is 0 Å². The predicted molar refractivity (Wildman–Crippen MR) is 102 cm³/mol. The Hall–Kier alpha value is -3.13. The predicted octanol–water partition coefficient (Wildman–Crippen LogP) is 2.65. The SMILES string of the molecule is CNc1ccnc2c1Cc1ncn(-c3ccc(OC(C)=O)cc3)c(=O)c1S2. The van der Waals surface area contributed by atoms with Gasteiger partial charge in [0.2, 0.25) is 0 Å². The third-order valence-electron chi connectivity index (χ3n) is 4.21. The van der Waals surface area contributed by atoms with Gasteiger partial charge in [-0.3, -0.25) is 14.2 Å². The average molecular weight is 380 g/mol. The molecule has 0 unspecified atom stereocenters. The summed E-state index contributed by atoms with van der Waals surface area (Å²) in [4.78, 5) is 33.5. The Bertz CT molecular complexity index is 1090. The third-order valence-corrected chi connectivity index (χ3v) is 5.37. The number of ether oxygens (including phenoxy) is 1. The van der Waals surface area contributed by atoms with Crippen LogP contribution in [0.4, 0.5) is 5.69 Å². The molecule has 1 aliphatic heterocycles. The van der Waals surface area contributed by atoms with Gasteiger partial charge in [-0.05, 0) is 30.3 Å². The maximum Gasteiger partial charge on any atom is 0.308 e. The molecule has 0 bridgehead atoms. The van der Waals surface area contributed by atoms with Crippen LogP contribution in [0.1, 0.15) is 18.2 Å². The van der Waals surface area contributed by atoms with Crippen LogP contribution in [0.2, 0.25) is 0 Å². The van der Waals surface area contributed by atoms with Crippen LogP contribution in [0.15, 0.2) is 57.6 Å². The van der Waals surface area contributed by atoms with E-state index in [1.807, 2.05) is 13.1 Å². The van der Waals surface area contributed by atoms with Crippen molar-refractivity contribution < 1.29 is 9.53 Å². The Balaban J connectivity index is 1.71. The van der Waals surface area contributed by atoms with Gasteiger partial charge in [-0.2, -0.15) is 0 Å². The van der Waals surface area contributed by atoms with Gasteiger partial charge in [0.05, 0.1) is 11.4 Å².